The summed E-state index contributed by atoms with van der Waals surface area (Å²) in [7, 11) is 1.30. The highest BCUT2D eigenvalue weighted by atomic mass is 35.5. The number of rotatable bonds is 4. The average molecular weight is 494 g/mol. The molecule has 0 aliphatic carbocycles. The van der Waals surface area contributed by atoms with Gasteiger partial charge in [-0.2, -0.15) is 0 Å². The molecule has 34 heavy (non-hydrogen) atoms. The summed E-state index contributed by atoms with van der Waals surface area (Å²) in [6.07, 6.45) is 0. The lowest BCUT2D eigenvalue weighted by atomic mass is 9.97. The molecule has 1 atom stereocenters. The Bertz CT molecular complexity index is 1510. The molecule has 0 unspecified atom stereocenters. The van der Waals surface area contributed by atoms with E-state index in [2.05, 4.69) is 0 Å². The summed E-state index contributed by atoms with van der Waals surface area (Å²) in [5.41, 5.74) is 1.88. The molecule has 0 spiro atoms. The Balaban J connectivity index is 1.70. The van der Waals surface area contributed by atoms with Crippen LogP contribution in [0, 0.1) is 0 Å². The highest BCUT2D eigenvalue weighted by Gasteiger charge is 2.43. The van der Waals surface area contributed by atoms with Gasteiger partial charge in [-0.3, -0.25) is 9.59 Å². The third-order valence-corrected chi connectivity index (χ3v) is 6.48. The van der Waals surface area contributed by atoms with Crippen LogP contribution in [-0.4, -0.2) is 23.9 Å². The van der Waals surface area contributed by atoms with Crippen LogP contribution >= 0.6 is 23.2 Å². The summed E-state index contributed by atoms with van der Waals surface area (Å²) in [5.74, 6) is -0.928. The number of hydrogen-bond acceptors (Lipinski definition) is 5. The van der Waals surface area contributed by atoms with Crippen molar-refractivity contribution in [3.8, 4) is 0 Å². The molecule has 170 valence electrons. The minimum Gasteiger partial charge on any atom is -0.465 e. The van der Waals surface area contributed by atoms with Crippen LogP contribution in [0.25, 0.3) is 11.0 Å². The Morgan fingerprint density at radius 3 is 2.47 bits per heavy atom. The van der Waals surface area contributed by atoms with Gasteiger partial charge in [0.25, 0.3) is 5.91 Å². The smallest absolute Gasteiger partial charge is 0.337 e. The van der Waals surface area contributed by atoms with Crippen LogP contribution in [-0.2, 0) is 11.3 Å². The van der Waals surface area contributed by atoms with Gasteiger partial charge >= 0.3 is 5.97 Å². The van der Waals surface area contributed by atoms with Crippen LogP contribution < -0.4 is 5.43 Å². The topological polar surface area (TPSA) is 76.8 Å². The fraction of sp³-hybridized carbons (Fsp3) is 0.115. The lowest BCUT2D eigenvalue weighted by molar-refractivity contribution is 0.0599. The second kappa shape index (κ2) is 8.63. The van der Waals surface area contributed by atoms with E-state index in [1.54, 1.807) is 53.4 Å². The van der Waals surface area contributed by atoms with Crippen molar-refractivity contribution in [1.29, 1.82) is 0 Å². The van der Waals surface area contributed by atoms with E-state index in [1.165, 1.54) is 13.2 Å². The number of carbonyl (C=O) groups is 2. The molecule has 3 aromatic carbocycles. The van der Waals surface area contributed by atoms with Gasteiger partial charge in [-0.25, -0.2) is 4.79 Å². The van der Waals surface area contributed by atoms with Gasteiger partial charge in [-0.05, 0) is 47.5 Å². The number of nitrogens with zero attached hydrogens (tertiary/aromatic N) is 1. The SMILES string of the molecule is COC(=O)c1ccc([C@H]2c3c(oc4ccc(Cl)cc4c3=O)C(=O)N2Cc2ccccc2Cl)cc1. The Kier molecular flexibility index (Phi) is 5.63. The van der Waals surface area contributed by atoms with Crippen molar-refractivity contribution in [2.45, 2.75) is 12.6 Å². The standard InChI is InChI=1S/C26H17Cl2NO5/c1-33-26(32)15-8-6-14(7-9-15)22-21-23(30)18-12-17(27)10-11-20(18)34-24(21)25(31)29(22)13-16-4-2-3-5-19(16)28/h2-12,22H,13H2,1H3/t22-/m0/s1. The number of ether oxygens (including phenoxy) is 1. The molecular formula is C26H17Cl2NO5. The molecule has 2 heterocycles. The maximum atomic E-state index is 13.6. The molecule has 1 amide bonds. The summed E-state index contributed by atoms with van der Waals surface area (Å²) in [6.45, 7) is 0.155. The van der Waals surface area contributed by atoms with Crippen molar-refractivity contribution in [1.82, 2.24) is 4.90 Å². The van der Waals surface area contributed by atoms with E-state index in [0.29, 0.717) is 21.2 Å². The second-order valence-corrected chi connectivity index (χ2v) is 8.70. The second-order valence-electron chi connectivity index (χ2n) is 7.86. The molecule has 0 N–H and O–H groups in total. The van der Waals surface area contributed by atoms with E-state index in [-0.39, 0.29) is 34.3 Å². The van der Waals surface area contributed by atoms with E-state index in [0.717, 1.165) is 5.56 Å². The molecular weight excluding hydrogens is 477 g/mol. The van der Waals surface area contributed by atoms with Crippen LogP contribution in [0.2, 0.25) is 10.0 Å². The Labute approximate surface area is 204 Å². The Morgan fingerprint density at radius 2 is 1.76 bits per heavy atom. The molecule has 5 rings (SSSR count). The van der Waals surface area contributed by atoms with Crippen molar-refractivity contribution >= 4 is 46.0 Å². The lowest BCUT2D eigenvalue weighted by Gasteiger charge is -2.25. The fourth-order valence-electron chi connectivity index (χ4n) is 4.23. The number of halogens is 2. The van der Waals surface area contributed by atoms with Crippen molar-refractivity contribution in [3.63, 3.8) is 0 Å². The zero-order chi connectivity index (χ0) is 24.0. The predicted molar refractivity (Wildman–Crippen MR) is 128 cm³/mol. The summed E-state index contributed by atoms with van der Waals surface area (Å²) in [4.78, 5) is 40.6. The maximum Gasteiger partial charge on any atom is 0.337 e. The number of carbonyl (C=O) groups excluding carboxylic acids is 2. The zero-order valence-electron chi connectivity index (χ0n) is 17.9. The molecule has 4 aromatic rings. The number of fused-ring (bicyclic) bond motifs is 2. The van der Waals surface area contributed by atoms with E-state index >= 15 is 0 Å². The fourth-order valence-corrected chi connectivity index (χ4v) is 4.60. The van der Waals surface area contributed by atoms with E-state index in [1.807, 2.05) is 12.1 Å². The number of esters is 1. The molecule has 8 heteroatoms. The molecule has 1 aromatic heterocycles. The summed E-state index contributed by atoms with van der Waals surface area (Å²) in [6, 6.07) is 17.7. The number of hydrogen-bond donors (Lipinski definition) is 0. The highest BCUT2D eigenvalue weighted by molar-refractivity contribution is 6.31. The first kappa shape index (κ1) is 22.2. The van der Waals surface area contributed by atoms with Crippen LogP contribution in [0.4, 0.5) is 0 Å². The van der Waals surface area contributed by atoms with Gasteiger partial charge in [0.1, 0.15) is 5.58 Å². The molecule has 6 nitrogen and oxygen atoms in total. The van der Waals surface area contributed by atoms with Crippen molar-refractivity contribution in [2.75, 3.05) is 7.11 Å². The number of methoxy groups -OCH3 is 1. The van der Waals surface area contributed by atoms with Gasteiger partial charge in [-0.1, -0.05) is 53.5 Å². The quantitative estimate of drug-likeness (QED) is 0.344. The number of benzene rings is 3. The molecule has 0 saturated carbocycles. The van der Waals surface area contributed by atoms with Gasteiger partial charge < -0.3 is 14.1 Å². The molecule has 1 aliphatic rings. The van der Waals surface area contributed by atoms with Gasteiger partial charge in [-0.15, -0.1) is 0 Å². The first-order chi connectivity index (χ1) is 16.4. The summed E-state index contributed by atoms with van der Waals surface area (Å²) >= 11 is 12.5. The summed E-state index contributed by atoms with van der Waals surface area (Å²) < 4.78 is 10.7. The largest absolute Gasteiger partial charge is 0.465 e. The van der Waals surface area contributed by atoms with Crippen molar-refractivity contribution in [3.05, 3.63) is 115 Å². The molecule has 0 saturated heterocycles. The van der Waals surface area contributed by atoms with Crippen LogP contribution in [0.15, 0.2) is 75.9 Å². The van der Waals surface area contributed by atoms with Gasteiger partial charge in [0, 0.05) is 16.6 Å². The van der Waals surface area contributed by atoms with E-state index in [4.69, 9.17) is 32.4 Å². The molecule has 0 radical (unpaired) electrons. The van der Waals surface area contributed by atoms with Gasteiger partial charge in [0.05, 0.1) is 29.7 Å². The van der Waals surface area contributed by atoms with Crippen molar-refractivity contribution in [2.24, 2.45) is 0 Å². The monoisotopic (exact) mass is 493 g/mol. The summed E-state index contributed by atoms with van der Waals surface area (Å²) in [5, 5.41) is 1.17. The van der Waals surface area contributed by atoms with Crippen LogP contribution in [0.3, 0.4) is 0 Å². The van der Waals surface area contributed by atoms with Crippen molar-refractivity contribution < 1.29 is 18.7 Å². The molecule has 0 bridgehead atoms. The Hall–Kier alpha value is -3.61. The minimum atomic E-state index is -0.745. The number of amides is 1. The van der Waals surface area contributed by atoms with Gasteiger partial charge in [0.2, 0.25) is 5.76 Å². The highest BCUT2D eigenvalue weighted by Crippen LogP contribution is 2.40. The molecule has 0 fully saturated rings. The van der Waals surface area contributed by atoms with Gasteiger partial charge in [0.15, 0.2) is 5.43 Å². The zero-order valence-corrected chi connectivity index (χ0v) is 19.4. The third kappa shape index (κ3) is 3.65. The van der Waals surface area contributed by atoms with E-state index in [9.17, 15) is 14.4 Å². The first-order valence-corrected chi connectivity index (χ1v) is 11.1. The Morgan fingerprint density at radius 1 is 1.03 bits per heavy atom. The third-order valence-electron chi connectivity index (χ3n) is 5.87. The maximum absolute atomic E-state index is 13.6. The van der Waals surface area contributed by atoms with Crippen LogP contribution in [0.5, 0.6) is 0 Å². The average Bonchev–Trinajstić information content (AvgIpc) is 3.12. The predicted octanol–water partition coefficient (Wildman–Crippen LogP) is 5.63. The first-order valence-electron chi connectivity index (χ1n) is 10.4. The van der Waals surface area contributed by atoms with Crippen LogP contribution in [0.1, 0.15) is 43.6 Å². The van der Waals surface area contributed by atoms with E-state index < -0.39 is 17.9 Å². The minimum absolute atomic E-state index is 0.0195. The lowest BCUT2D eigenvalue weighted by Crippen LogP contribution is -2.29. The normalized spacial score (nSPS) is 15.0. The molecule has 1 aliphatic heterocycles.